The van der Waals surface area contributed by atoms with Crippen molar-refractivity contribution in [1.29, 1.82) is 0 Å². The van der Waals surface area contributed by atoms with Gasteiger partial charge in [-0.15, -0.1) is 11.8 Å². The van der Waals surface area contributed by atoms with Gasteiger partial charge in [-0.05, 0) is 57.2 Å². The van der Waals surface area contributed by atoms with Gasteiger partial charge in [0.2, 0.25) is 5.91 Å². The van der Waals surface area contributed by atoms with Crippen LogP contribution in [0.3, 0.4) is 0 Å². The van der Waals surface area contributed by atoms with E-state index in [1.54, 1.807) is 11.8 Å². The Morgan fingerprint density at radius 3 is 2.94 bits per heavy atom. The Hall–Kier alpha value is -1.00. The number of benzene rings is 1. The molecule has 0 spiro atoms. The second-order valence-electron chi connectivity index (χ2n) is 4.90. The molecule has 1 saturated heterocycles. The molecule has 0 aliphatic carbocycles. The van der Waals surface area contributed by atoms with Crippen molar-refractivity contribution in [3.8, 4) is 0 Å². The summed E-state index contributed by atoms with van der Waals surface area (Å²) < 4.78 is 0. The Morgan fingerprint density at radius 2 is 2.28 bits per heavy atom. The van der Waals surface area contributed by atoms with Crippen LogP contribution in [-0.2, 0) is 4.79 Å². The molecule has 0 radical (unpaired) electrons. The Bertz CT molecular complexity index is 428. The minimum Gasteiger partial charge on any atom is -0.324 e. The number of amides is 1. The van der Waals surface area contributed by atoms with Crippen molar-refractivity contribution in [2.45, 2.75) is 36.6 Å². The summed E-state index contributed by atoms with van der Waals surface area (Å²) in [5, 5.41) is 6.34. The maximum absolute atomic E-state index is 12.3. The Labute approximate surface area is 113 Å². The molecule has 1 heterocycles. The van der Waals surface area contributed by atoms with Crippen LogP contribution in [0.15, 0.2) is 29.2 Å². The number of carbonyl (C=O) groups excluding carboxylic acids is 1. The summed E-state index contributed by atoms with van der Waals surface area (Å²) in [5.74, 6) is 0.0699. The van der Waals surface area contributed by atoms with Gasteiger partial charge in [-0.3, -0.25) is 4.79 Å². The summed E-state index contributed by atoms with van der Waals surface area (Å²) in [6, 6.07) is 7.96. The van der Waals surface area contributed by atoms with E-state index in [9.17, 15) is 4.79 Å². The van der Waals surface area contributed by atoms with Crippen molar-refractivity contribution in [3.05, 3.63) is 24.3 Å². The number of hydrogen-bond donors (Lipinski definition) is 2. The van der Waals surface area contributed by atoms with Gasteiger partial charge < -0.3 is 10.6 Å². The smallest absolute Gasteiger partial charge is 0.244 e. The highest BCUT2D eigenvalue weighted by molar-refractivity contribution is 7.98. The van der Waals surface area contributed by atoms with Crippen molar-refractivity contribution in [1.82, 2.24) is 5.32 Å². The van der Waals surface area contributed by atoms with Gasteiger partial charge in [0.15, 0.2) is 0 Å². The van der Waals surface area contributed by atoms with Crippen molar-refractivity contribution in [2.24, 2.45) is 0 Å². The first kappa shape index (κ1) is 13.4. The molecule has 1 aliphatic rings. The van der Waals surface area contributed by atoms with E-state index in [2.05, 4.69) is 10.6 Å². The zero-order valence-electron chi connectivity index (χ0n) is 11.0. The molecular weight excluding hydrogens is 244 g/mol. The fourth-order valence-electron chi connectivity index (χ4n) is 2.22. The predicted octanol–water partition coefficient (Wildman–Crippen LogP) is 2.88. The molecule has 1 aromatic carbocycles. The van der Waals surface area contributed by atoms with Crippen LogP contribution in [-0.4, -0.2) is 24.2 Å². The van der Waals surface area contributed by atoms with Gasteiger partial charge >= 0.3 is 0 Å². The van der Waals surface area contributed by atoms with E-state index in [0.717, 1.165) is 36.4 Å². The molecule has 3 nitrogen and oxygen atoms in total. The monoisotopic (exact) mass is 264 g/mol. The van der Waals surface area contributed by atoms with Crippen molar-refractivity contribution in [2.75, 3.05) is 18.1 Å². The summed E-state index contributed by atoms with van der Waals surface area (Å²) in [6.45, 7) is 2.91. The minimum atomic E-state index is -0.423. The summed E-state index contributed by atoms with van der Waals surface area (Å²) in [7, 11) is 0. The van der Waals surface area contributed by atoms with Crippen LogP contribution in [0.1, 0.15) is 26.2 Å². The summed E-state index contributed by atoms with van der Waals surface area (Å²) in [4.78, 5) is 13.5. The Balaban J connectivity index is 2.05. The van der Waals surface area contributed by atoms with E-state index >= 15 is 0 Å². The van der Waals surface area contributed by atoms with Crippen LogP contribution in [0, 0.1) is 0 Å². The number of carbonyl (C=O) groups is 1. The molecule has 1 unspecified atom stereocenters. The van der Waals surface area contributed by atoms with Crippen LogP contribution in [0.5, 0.6) is 0 Å². The number of rotatable bonds is 3. The van der Waals surface area contributed by atoms with E-state index in [-0.39, 0.29) is 5.91 Å². The van der Waals surface area contributed by atoms with Gasteiger partial charge in [0.25, 0.3) is 0 Å². The minimum absolute atomic E-state index is 0.0699. The SMILES string of the molecule is CSc1cccc(NC(=O)C2(C)CCCCN2)c1. The molecule has 18 heavy (non-hydrogen) atoms. The molecule has 1 aliphatic heterocycles. The van der Waals surface area contributed by atoms with Gasteiger partial charge in [0, 0.05) is 10.6 Å². The van der Waals surface area contributed by atoms with Crippen LogP contribution in [0.2, 0.25) is 0 Å². The third-order valence-electron chi connectivity index (χ3n) is 3.45. The first-order valence-electron chi connectivity index (χ1n) is 6.34. The largest absolute Gasteiger partial charge is 0.324 e. The van der Waals surface area contributed by atoms with E-state index in [4.69, 9.17) is 0 Å². The third kappa shape index (κ3) is 3.06. The van der Waals surface area contributed by atoms with Crippen LogP contribution in [0.4, 0.5) is 5.69 Å². The highest BCUT2D eigenvalue weighted by Gasteiger charge is 2.34. The van der Waals surface area contributed by atoms with Gasteiger partial charge in [0.05, 0.1) is 5.54 Å². The lowest BCUT2D eigenvalue weighted by molar-refractivity contribution is -0.122. The summed E-state index contributed by atoms with van der Waals surface area (Å²) in [5.41, 5.74) is 0.452. The second kappa shape index (κ2) is 5.76. The molecule has 0 saturated carbocycles. The highest BCUT2D eigenvalue weighted by atomic mass is 32.2. The zero-order chi connectivity index (χ0) is 13.0. The lowest BCUT2D eigenvalue weighted by atomic mass is 9.90. The molecule has 1 fully saturated rings. The number of nitrogens with one attached hydrogen (secondary N) is 2. The van der Waals surface area contributed by atoms with Crippen molar-refractivity contribution >= 4 is 23.4 Å². The lowest BCUT2D eigenvalue weighted by Crippen LogP contribution is -2.54. The van der Waals surface area contributed by atoms with Crippen LogP contribution >= 0.6 is 11.8 Å². The average molecular weight is 264 g/mol. The van der Waals surface area contributed by atoms with Crippen molar-refractivity contribution in [3.63, 3.8) is 0 Å². The van der Waals surface area contributed by atoms with Crippen LogP contribution in [0.25, 0.3) is 0 Å². The van der Waals surface area contributed by atoms with E-state index in [1.807, 2.05) is 37.4 Å². The molecule has 0 aromatic heterocycles. The number of hydrogen-bond acceptors (Lipinski definition) is 3. The summed E-state index contributed by atoms with van der Waals surface area (Å²) in [6.07, 6.45) is 5.21. The molecular formula is C14H20N2OS. The highest BCUT2D eigenvalue weighted by Crippen LogP contribution is 2.23. The van der Waals surface area contributed by atoms with Crippen molar-refractivity contribution < 1.29 is 4.79 Å². The molecule has 1 aromatic rings. The maximum Gasteiger partial charge on any atom is 0.244 e. The number of piperidine rings is 1. The molecule has 4 heteroatoms. The number of anilines is 1. The Kier molecular flexibility index (Phi) is 4.30. The fraction of sp³-hybridized carbons (Fsp3) is 0.500. The quantitative estimate of drug-likeness (QED) is 0.825. The first-order chi connectivity index (χ1) is 8.64. The third-order valence-corrected chi connectivity index (χ3v) is 4.17. The first-order valence-corrected chi connectivity index (χ1v) is 7.57. The molecule has 1 atom stereocenters. The predicted molar refractivity (Wildman–Crippen MR) is 77.1 cm³/mol. The number of thioether (sulfide) groups is 1. The molecule has 2 N–H and O–H groups in total. The van der Waals surface area contributed by atoms with Gasteiger partial charge in [0.1, 0.15) is 0 Å². The van der Waals surface area contributed by atoms with Gasteiger partial charge in [-0.1, -0.05) is 6.07 Å². The molecule has 0 bridgehead atoms. The van der Waals surface area contributed by atoms with Gasteiger partial charge in [-0.2, -0.15) is 0 Å². The Morgan fingerprint density at radius 1 is 1.44 bits per heavy atom. The standard InChI is InChI=1S/C14H20N2OS/c1-14(8-3-4-9-15-14)13(17)16-11-6-5-7-12(10-11)18-2/h5-7,10,15H,3-4,8-9H2,1-2H3,(H,16,17). The van der Waals surface area contributed by atoms with E-state index in [1.165, 1.54) is 0 Å². The van der Waals surface area contributed by atoms with Gasteiger partial charge in [-0.25, -0.2) is 0 Å². The average Bonchev–Trinajstić information content (AvgIpc) is 2.40. The maximum atomic E-state index is 12.3. The molecule has 1 amide bonds. The molecule has 2 rings (SSSR count). The molecule has 98 valence electrons. The second-order valence-corrected chi connectivity index (χ2v) is 5.78. The zero-order valence-corrected chi connectivity index (χ0v) is 11.8. The lowest BCUT2D eigenvalue weighted by Gasteiger charge is -2.33. The topological polar surface area (TPSA) is 41.1 Å². The van der Waals surface area contributed by atoms with E-state index in [0.29, 0.717) is 0 Å². The fourth-order valence-corrected chi connectivity index (χ4v) is 2.68. The normalized spacial score (nSPS) is 23.7. The van der Waals surface area contributed by atoms with E-state index < -0.39 is 5.54 Å². The van der Waals surface area contributed by atoms with Crippen LogP contribution < -0.4 is 10.6 Å². The summed E-state index contributed by atoms with van der Waals surface area (Å²) >= 11 is 1.68.